The first kappa shape index (κ1) is 18.3. The molecule has 0 saturated heterocycles. The summed E-state index contributed by atoms with van der Waals surface area (Å²) in [5.74, 6) is 0. The monoisotopic (exact) mass is 312 g/mol. The Bertz CT molecular complexity index is 441. The van der Waals surface area contributed by atoms with Gasteiger partial charge in [-0.05, 0) is 46.2 Å². The van der Waals surface area contributed by atoms with Crippen LogP contribution < -0.4 is 10.2 Å². The van der Waals surface area contributed by atoms with E-state index in [4.69, 9.17) is 16.3 Å². The first-order valence-corrected chi connectivity index (χ1v) is 7.93. The second-order valence-electron chi connectivity index (χ2n) is 6.69. The van der Waals surface area contributed by atoms with Gasteiger partial charge in [0.2, 0.25) is 0 Å². The number of nitrogens with zero attached hydrogens (tertiary/aromatic N) is 1. The summed E-state index contributed by atoms with van der Waals surface area (Å²) < 4.78 is 5.63. The van der Waals surface area contributed by atoms with Gasteiger partial charge < -0.3 is 15.0 Å². The van der Waals surface area contributed by atoms with Crippen LogP contribution in [0.5, 0.6) is 0 Å². The highest BCUT2D eigenvalue weighted by atomic mass is 35.5. The highest BCUT2D eigenvalue weighted by Crippen LogP contribution is 2.29. The third kappa shape index (κ3) is 6.68. The molecule has 0 fully saturated rings. The minimum Gasteiger partial charge on any atom is -0.377 e. The number of ether oxygens (including phenoxy) is 1. The molecule has 0 spiro atoms. The number of nitrogens with one attached hydrogen (secondary N) is 1. The number of rotatable bonds is 7. The lowest BCUT2D eigenvalue weighted by atomic mass is 10.1. The fraction of sp³-hybridized carbons (Fsp3) is 0.647. The SMILES string of the molecule is CC(C)OCCN(C)c1c(Cl)cccc1CNC(C)(C)C. The van der Waals surface area contributed by atoms with E-state index in [-0.39, 0.29) is 11.6 Å². The Morgan fingerprint density at radius 3 is 2.52 bits per heavy atom. The van der Waals surface area contributed by atoms with E-state index in [1.165, 1.54) is 5.56 Å². The smallest absolute Gasteiger partial charge is 0.0644 e. The van der Waals surface area contributed by atoms with Gasteiger partial charge in [0.1, 0.15) is 0 Å². The van der Waals surface area contributed by atoms with Gasteiger partial charge in [0, 0.05) is 25.7 Å². The zero-order valence-electron chi connectivity index (χ0n) is 14.2. The highest BCUT2D eigenvalue weighted by Gasteiger charge is 2.14. The summed E-state index contributed by atoms with van der Waals surface area (Å²) in [5.41, 5.74) is 2.38. The number of hydrogen-bond donors (Lipinski definition) is 1. The molecule has 0 bridgehead atoms. The van der Waals surface area contributed by atoms with Gasteiger partial charge in [0.15, 0.2) is 0 Å². The fourth-order valence-corrected chi connectivity index (χ4v) is 2.37. The Labute approximate surface area is 134 Å². The highest BCUT2D eigenvalue weighted by molar-refractivity contribution is 6.33. The first-order chi connectivity index (χ1) is 9.70. The molecule has 0 aromatic heterocycles. The van der Waals surface area contributed by atoms with E-state index in [1.807, 2.05) is 26.0 Å². The van der Waals surface area contributed by atoms with Crippen LogP contribution in [0.1, 0.15) is 40.2 Å². The second-order valence-corrected chi connectivity index (χ2v) is 7.10. The summed E-state index contributed by atoms with van der Waals surface area (Å²) in [5, 5.41) is 4.31. The van der Waals surface area contributed by atoms with E-state index in [2.05, 4.69) is 44.1 Å². The zero-order valence-corrected chi connectivity index (χ0v) is 14.9. The molecule has 1 aromatic rings. The molecule has 1 aromatic carbocycles. The molecule has 4 heteroatoms. The maximum Gasteiger partial charge on any atom is 0.0644 e. The maximum absolute atomic E-state index is 6.41. The van der Waals surface area contributed by atoms with E-state index in [9.17, 15) is 0 Å². The topological polar surface area (TPSA) is 24.5 Å². The van der Waals surface area contributed by atoms with Crippen molar-refractivity contribution in [2.45, 2.75) is 52.8 Å². The van der Waals surface area contributed by atoms with E-state index in [0.29, 0.717) is 6.61 Å². The largest absolute Gasteiger partial charge is 0.377 e. The fourth-order valence-electron chi connectivity index (χ4n) is 2.03. The van der Waals surface area contributed by atoms with Crippen LogP contribution in [-0.2, 0) is 11.3 Å². The van der Waals surface area contributed by atoms with Crippen molar-refractivity contribution < 1.29 is 4.74 Å². The number of benzene rings is 1. The molecule has 1 N–H and O–H groups in total. The third-order valence-electron chi connectivity index (χ3n) is 3.14. The average Bonchev–Trinajstić information content (AvgIpc) is 2.34. The zero-order chi connectivity index (χ0) is 16.0. The normalized spacial score (nSPS) is 12.0. The molecule has 0 atom stereocenters. The van der Waals surface area contributed by atoms with E-state index in [0.717, 1.165) is 23.8 Å². The van der Waals surface area contributed by atoms with Crippen LogP contribution >= 0.6 is 11.6 Å². The van der Waals surface area contributed by atoms with Crippen molar-refractivity contribution in [1.82, 2.24) is 5.32 Å². The van der Waals surface area contributed by atoms with Gasteiger partial charge in [0.25, 0.3) is 0 Å². The Morgan fingerprint density at radius 1 is 1.29 bits per heavy atom. The van der Waals surface area contributed by atoms with Crippen molar-refractivity contribution in [3.8, 4) is 0 Å². The van der Waals surface area contributed by atoms with Crippen LogP contribution in [0.2, 0.25) is 5.02 Å². The standard InChI is InChI=1S/C17H29ClN2O/c1-13(2)21-11-10-20(6)16-14(8-7-9-15(16)18)12-19-17(3,4)5/h7-9,13,19H,10-12H2,1-6H3. The van der Waals surface area contributed by atoms with Crippen molar-refractivity contribution in [3.05, 3.63) is 28.8 Å². The molecule has 3 nitrogen and oxygen atoms in total. The molecule has 0 amide bonds. The van der Waals surface area contributed by atoms with Crippen LogP contribution in [-0.4, -0.2) is 31.8 Å². The van der Waals surface area contributed by atoms with E-state index >= 15 is 0 Å². The Hall–Kier alpha value is -0.770. The lowest BCUT2D eigenvalue weighted by Crippen LogP contribution is -2.35. The van der Waals surface area contributed by atoms with E-state index in [1.54, 1.807) is 0 Å². The van der Waals surface area contributed by atoms with Gasteiger partial charge in [-0.25, -0.2) is 0 Å². The summed E-state index contributed by atoms with van der Waals surface area (Å²) >= 11 is 6.41. The third-order valence-corrected chi connectivity index (χ3v) is 3.44. The van der Waals surface area contributed by atoms with Crippen LogP contribution in [0.25, 0.3) is 0 Å². The molecule has 0 unspecified atom stereocenters. The second kappa shape index (κ2) is 8.02. The molecule has 21 heavy (non-hydrogen) atoms. The molecule has 0 aliphatic carbocycles. The minimum absolute atomic E-state index is 0.0823. The summed E-state index contributed by atoms with van der Waals surface area (Å²) in [7, 11) is 2.06. The lowest BCUT2D eigenvalue weighted by Gasteiger charge is -2.26. The van der Waals surface area contributed by atoms with Gasteiger partial charge in [0.05, 0.1) is 23.4 Å². The molecular formula is C17H29ClN2O. The number of halogens is 1. The van der Waals surface area contributed by atoms with Crippen molar-refractivity contribution in [2.24, 2.45) is 0 Å². The van der Waals surface area contributed by atoms with Gasteiger partial charge >= 0.3 is 0 Å². The quantitative estimate of drug-likeness (QED) is 0.820. The predicted molar refractivity (Wildman–Crippen MR) is 92.4 cm³/mol. The van der Waals surface area contributed by atoms with Crippen molar-refractivity contribution in [2.75, 3.05) is 25.1 Å². The summed E-state index contributed by atoms with van der Waals surface area (Å²) in [6, 6.07) is 6.07. The molecule has 0 aliphatic rings. The average molecular weight is 313 g/mol. The van der Waals surface area contributed by atoms with Crippen molar-refractivity contribution >= 4 is 17.3 Å². The first-order valence-electron chi connectivity index (χ1n) is 7.56. The number of para-hydroxylation sites is 1. The van der Waals surface area contributed by atoms with Gasteiger partial charge in [-0.1, -0.05) is 23.7 Å². The maximum atomic E-state index is 6.41. The molecule has 1 rings (SSSR count). The Morgan fingerprint density at radius 2 is 1.95 bits per heavy atom. The van der Waals surface area contributed by atoms with Gasteiger partial charge in [-0.15, -0.1) is 0 Å². The molecular weight excluding hydrogens is 284 g/mol. The molecule has 0 aliphatic heterocycles. The summed E-state index contributed by atoms with van der Waals surface area (Å²) in [4.78, 5) is 2.17. The van der Waals surface area contributed by atoms with Crippen LogP contribution in [0, 0.1) is 0 Å². The van der Waals surface area contributed by atoms with Gasteiger partial charge in [-0.2, -0.15) is 0 Å². The number of anilines is 1. The molecule has 0 saturated carbocycles. The van der Waals surface area contributed by atoms with Crippen LogP contribution in [0.15, 0.2) is 18.2 Å². The minimum atomic E-state index is 0.0823. The number of hydrogen-bond acceptors (Lipinski definition) is 3. The lowest BCUT2D eigenvalue weighted by molar-refractivity contribution is 0.0846. The van der Waals surface area contributed by atoms with E-state index < -0.39 is 0 Å². The molecule has 120 valence electrons. The Kier molecular flexibility index (Phi) is 6.98. The van der Waals surface area contributed by atoms with Crippen LogP contribution in [0.3, 0.4) is 0 Å². The Balaban J connectivity index is 2.79. The van der Waals surface area contributed by atoms with Crippen LogP contribution in [0.4, 0.5) is 5.69 Å². The van der Waals surface area contributed by atoms with Gasteiger partial charge in [-0.3, -0.25) is 0 Å². The number of likely N-dealkylation sites (N-methyl/N-ethyl adjacent to an activating group) is 1. The molecule has 0 radical (unpaired) electrons. The van der Waals surface area contributed by atoms with Crippen molar-refractivity contribution in [1.29, 1.82) is 0 Å². The summed E-state index contributed by atoms with van der Waals surface area (Å²) in [6.45, 7) is 12.9. The molecule has 0 heterocycles. The summed E-state index contributed by atoms with van der Waals surface area (Å²) in [6.07, 6.45) is 0.256. The van der Waals surface area contributed by atoms with Crippen molar-refractivity contribution in [3.63, 3.8) is 0 Å². The predicted octanol–water partition coefficient (Wildman–Crippen LogP) is 4.09.